The molecule has 0 saturated heterocycles. The predicted octanol–water partition coefficient (Wildman–Crippen LogP) is 5.84. The summed E-state index contributed by atoms with van der Waals surface area (Å²) in [5, 5.41) is 14.2. The number of aliphatic carboxylic acids is 1. The van der Waals surface area contributed by atoms with Crippen molar-refractivity contribution in [2.45, 2.75) is 38.3 Å². The van der Waals surface area contributed by atoms with E-state index in [0.717, 1.165) is 22.4 Å². The lowest BCUT2D eigenvalue weighted by molar-refractivity contribution is -0.131. The van der Waals surface area contributed by atoms with Gasteiger partial charge in [-0.3, -0.25) is 4.79 Å². The molecule has 2 N–H and O–H groups in total. The van der Waals surface area contributed by atoms with Crippen LogP contribution in [-0.4, -0.2) is 35.1 Å². The second-order valence-electron chi connectivity index (χ2n) is 8.09. The van der Waals surface area contributed by atoms with Crippen LogP contribution in [-0.2, 0) is 20.7 Å². The average molecular weight is 514 g/mol. The summed E-state index contributed by atoms with van der Waals surface area (Å²) in [6, 6.07) is 17.7. The van der Waals surface area contributed by atoms with Crippen LogP contribution < -0.4 is 5.32 Å². The van der Waals surface area contributed by atoms with Gasteiger partial charge in [0, 0.05) is 18.9 Å². The standard InChI is InChI=1S/C27H25Cl2NO5/c1-17(30-25(31)8-4-5-9-26(32)33)24(15-18-10-13-22(28)23(29)14-18)35-27(34)21-12-11-19-6-2-3-7-20(19)16-21/h2-3,5-7,9-14,16-17,24H,4,8,15H2,1H3,(H,30,31)(H,32,33)/b9-5+/t17-,24-/m0/s1. The van der Waals surface area contributed by atoms with E-state index in [4.69, 9.17) is 33.0 Å². The number of rotatable bonds is 10. The van der Waals surface area contributed by atoms with E-state index >= 15 is 0 Å². The van der Waals surface area contributed by atoms with Gasteiger partial charge in [0.1, 0.15) is 6.10 Å². The summed E-state index contributed by atoms with van der Waals surface area (Å²) in [6.07, 6.45) is 2.40. The van der Waals surface area contributed by atoms with Gasteiger partial charge in [0.25, 0.3) is 0 Å². The fraction of sp³-hybridized carbons (Fsp3) is 0.222. The highest BCUT2D eigenvalue weighted by Gasteiger charge is 2.25. The minimum atomic E-state index is -1.07. The Balaban J connectivity index is 1.75. The summed E-state index contributed by atoms with van der Waals surface area (Å²) in [7, 11) is 0. The lowest BCUT2D eigenvalue weighted by Gasteiger charge is -2.25. The van der Waals surface area contributed by atoms with Gasteiger partial charge in [0.15, 0.2) is 0 Å². The number of carboxylic acid groups (broad SMARTS) is 1. The average Bonchev–Trinajstić information content (AvgIpc) is 2.83. The molecule has 0 radical (unpaired) electrons. The summed E-state index contributed by atoms with van der Waals surface area (Å²) >= 11 is 12.2. The van der Waals surface area contributed by atoms with E-state index in [-0.39, 0.29) is 18.7 Å². The molecular formula is C27H25Cl2NO5. The van der Waals surface area contributed by atoms with Gasteiger partial charge in [0.2, 0.25) is 5.91 Å². The zero-order valence-corrected chi connectivity index (χ0v) is 20.6. The van der Waals surface area contributed by atoms with Crippen LogP contribution in [0.25, 0.3) is 10.8 Å². The molecule has 0 heterocycles. The Morgan fingerprint density at radius 2 is 1.74 bits per heavy atom. The molecule has 182 valence electrons. The van der Waals surface area contributed by atoms with Crippen LogP contribution in [0, 0.1) is 0 Å². The summed E-state index contributed by atoms with van der Waals surface area (Å²) in [5.74, 6) is -1.86. The van der Waals surface area contributed by atoms with Crippen molar-refractivity contribution in [1.29, 1.82) is 0 Å². The van der Waals surface area contributed by atoms with Crippen LogP contribution in [0.4, 0.5) is 0 Å². The molecule has 0 fully saturated rings. The third kappa shape index (κ3) is 7.84. The highest BCUT2D eigenvalue weighted by Crippen LogP contribution is 2.24. The first-order valence-electron chi connectivity index (χ1n) is 11.1. The molecule has 2 atom stereocenters. The fourth-order valence-electron chi connectivity index (χ4n) is 3.56. The predicted molar refractivity (Wildman–Crippen MR) is 137 cm³/mol. The molecule has 1 amide bonds. The van der Waals surface area contributed by atoms with Gasteiger partial charge in [-0.1, -0.05) is 65.7 Å². The maximum Gasteiger partial charge on any atom is 0.338 e. The number of amides is 1. The lowest BCUT2D eigenvalue weighted by atomic mass is 10.0. The first kappa shape index (κ1) is 26.3. The van der Waals surface area contributed by atoms with Crippen LogP contribution >= 0.6 is 23.2 Å². The summed E-state index contributed by atoms with van der Waals surface area (Å²) in [5.41, 5.74) is 1.20. The van der Waals surface area contributed by atoms with Crippen molar-refractivity contribution in [2.75, 3.05) is 0 Å². The molecule has 6 nitrogen and oxygen atoms in total. The molecule has 0 aliphatic carbocycles. The Morgan fingerprint density at radius 1 is 1.00 bits per heavy atom. The number of benzene rings is 3. The molecule has 0 aliphatic heterocycles. The Kier molecular flexibility index (Phi) is 9.29. The molecule has 0 spiro atoms. The third-order valence-electron chi connectivity index (χ3n) is 5.41. The van der Waals surface area contributed by atoms with Crippen molar-refractivity contribution in [2.24, 2.45) is 0 Å². The monoisotopic (exact) mass is 513 g/mol. The minimum absolute atomic E-state index is 0.103. The van der Waals surface area contributed by atoms with Gasteiger partial charge >= 0.3 is 11.9 Å². The molecule has 0 aliphatic rings. The van der Waals surface area contributed by atoms with Crippen molar-refractivity contribution >= 4 is 51.8 Å². The Hall–Kier alpha value is -3.35. The topological polar surface area (TPSA) is 92.7 Å². The number of esters is 1. The molecule has 3 aromatic rings. The maximum absolute atomic E-state index is 13.0. The molecule has 3 aromatic carbocycles. The summed E-state index contributed by atoms with van der Waals surface area (Å²) < 4.78 is 5.86. The largest absolute Gasteiger partial charge is 0.478 e. The zero-order valence-electron chi connectivity index (χ0n) is 19.0. The van der Waals surface area contributed by atoms with E-state index in [0.29, 0.717) is 22.0 Å². The van der Waals surface area contributed by atoms with Crippen molar-refractivity contribution in [3.8, 4) is 0 Å². The van der Waals surface area contributed by atoms with E-state index in [1.54, 1.807) is 37.3 Å². The first-order chi connectivity index (χ1) is 16.7. The third-order valence-corrected chi connectivity index (χ3v) is 6.15. The number of carboxylic acids is 1. The first-order valence-corrected chi connectivity index (χ1v) is 11.8. The second kappa shape index (κ2) is 12.4. The molecule has 3 rings (SSSR count). The minimum Gasteiger partial charge on any atom is -0.478 e. The number of hydrogen-bond donors (Lipinski definition) is 2. The highest BCUT2D eigenvalue weighted by molar-refractivity contribution is 6.42. The van der Waals surface area contributed by atoms with Crippen LogP contribution in [0.2, 0.25) is 10.0 Å². The molecule has 0 bridgehead atoms. The van der Waals surface area contributed by atoms with E-state index in [2.05, 4.69) is 5.32 Å². The lowest BCUT2D eigenvalue weighted by Crippen LogP contribution is -2.44. The second-order valence-corrected chi connectivity index (χ2v) is 8.91. The smallest absolute Gasteiger partial charge is 0.338 e. The van der Waals surface area contributed by atoms with Crippen LogP contribution in [0.15, 0.2) is 72.8 Å². The van der Waals surface area contributed by atoms with Crippen LogP contribution in [0.1, 0.15) is 35.7 Å². The number of carbonyl (C=O) groups excluding carboxylic acids is 2. The zero-order chi connectivity index (χ0) is 25.4. The molecule has 0 aromatic heterocycles. The van der Waals surface area contributed by atoms with Crippen molar-refractivity contribution < 1.29 is 24.2 Å². The number of ether oxygens (including phenoxy) is 1. The number of nitrogens with one attached hydrogen (secondary N) is 1. The number of carbonyl (C=O) groups is 3. The van der Waals surface area contributed by atoms with Gasteiger partial charge in [-0.05, 0) is 53.9 Å². The van der Waals surface area contributed by atoms with E-state index in [1.807, 2.05) is 30.3 Å². The Morgan fingerprint density at radius 3 is 2.46 bits per heavy atom. The number of fused-ring (bicyclic) bond motifs is 1. The number of halogens is 2. The fourth-order valence-corrected chi connectivity index (χ4v) is 3.88. The maximum atomic E-state index is 13.0. The quantitative estimate of drug-likeness (QED) is 0.262. The Labute approximate surface area is 213 Å². The number of allylic oxidation sites excluding steroid dienone is 1. The molecule has 0 unspecified atom stereocenters. The summed E-state index contributed by atoms with van der Waals surface area (Å²) in [6.45, 7) is 1.75. The molecule has 8 heteroatoms. The van der Waals surface area contributed by atoms with E-state index in [1.165, 1.54) is 6.08 Å². The van der Waals surface area contributed by atoms with Gasteiger partial charge in [-0.2, -0.15) is 0 Å². The summed E-state index contributed by atoms with van der Waals surface area (Å²) in [4.78, 5) is 36.0. The van der Waals surface area contributed by atoms with Crippen molar-refractivity contribution in [3.05, 3.63) is 94.0 Å². The Bertz CT molecular complexity index is 1260. The van der Waals surface area contributed by atoms with Gasteiger partial charge in [-0.15, -0.1) is 0 Å². The normalized spacial score (nSPS) is 12.9. The SMILES string of the molecule is C[C@H](NC(=O)CC/C=C/C(=O)O)[C@H](Cc1ccc(Cl)c(Cl)c1)OC(=O)c1ccc2ccccc2c1. The molecular weight excluding hydrogens is 489 g/mol. The van der Waals surface area contributed by atoms with Crippen LogP contribution in [0.5, 0.6) is 0 Å². The van der Waals surface area contributed by atoms with Gasteiger partial charge in [0.05, 0.1) is 21.7 Å². The van der Waals surface area contributed by atoms with Crippen LogP contribution in [0.3, 0.4) is 0 Å². The highest BCUT2D eigenvalue weighted by atomic mass is 35.5. The van der Waals surface area contributed by atoms with Crippen molar-refractivity contribution in [1.82, 2.24) is 5.32 Å². The molecule has 35 heavy (non-hydrogen) atoms. The van der Waals surface area contributed by atoms with Crippen molar-refractivity contribution in [3.63, 3.8) is 0 Å². The molecule has 0 saturated carbocycles. The van der Waals surface area contributed by atoms with E-state index < -0.39 is 24.1 Å². The number of hydrogen-bond acceptors (Lipinski definition) is 4. The van der Waals surface area contributed by atoms with E-state index in [9.17, 15) is 14.4 Å². The van der Waals surface area contributed by atoms with Gasteiger partial charge < -0.3 is 15.2 Å². The van der Waals surface area contributed by atoms with Gasteiger partial charge in [-0.25, -0.2) is 9.59 Å².